The fourth-order valence-electron chi connectivity index (χ4n) is 3.62. The highest BCUT2D eigenvalue weighted by atomic mass is 16.6. The van der Waals surface area contributed by atoms with Gasteiger partial charge in [0, 0.05) is 11.9 Å². The number of aromatic nitrogens is 6. The normalized spacial score (nSPS) is 11.6. The molecular weight excluding hydrogens is 406 g/mol. The second-order valence-electron chi connectivity index (χ2n) is 7.25. The van der Waals surface area contributed by atoms with Crippen LogP contribution in [0.15, 0.2) is 60.1 Å². The number of pyridine rings is 1. The van der Waals surface area contributed by atoms with Gasteiger partial charge in [-0.25, -0.2) is 19.5 Å². The van der Waals surface area contributed by atoms with Crippen LogP contribution in [-0.4, -0.2) is 42.5 Å². The highest BCUT2D eigenvalue weighted by molar-refractivity contribution is 5.94. The first-order valence-corrected chi connectivity index (χ1v) is 10.1. The Morgan fingerprint density at radius 3 is 2.62 bits per heavy atom. The van der Waals surface area contributed by atoms with Crippen LogP contribution in [0.1, 0.15) is 22.6 Å². The van der Waals surface area contributed by atoms with E-state index in [2.05, 4.69) is 39.1 Å². The molecule has 1 aromatic carbocycles. The van der Waals surface area contributed by atoms with Crippen LogP contribution in [0.4, 0.5) is 0 Å². The molecule has 0 spiro atoms. The van der Waals surface area contributed by atoms with Crippen molar-refractivity contribution in [1.29, 1.82) is 0 Å². The monoisotopic (exact) mass is 427 g/mol. The second-order valence-corrected chi connectivity index (χ2v) is 7.25. The molecule has 0 radical (unpaired) electrons. The third kappa shape index (κ3) is 3.43. The van der Waals surface area contributed by atoms with E-state index >= 15 is 0 Å². The summed E-state index contributed by atoms with van der Waals surface area (Å²) in [5.41, 5.74) is 4.57. The Bertz CT molecular complexity index is 1420. The topological polar surface area (TPSA) is 91.7 Å². The van der Waals surface area contributed by atoms with E-state index < -0.39 is 0 Å². The summed E-state index contributed by atoms with van der Waals surface area (Å²) in [6, 6.07) is 13.3. The first-order chi connectivity index (χ1) is 15.7. The molecule has 0 unspecified atom stereocenters. The molecule has 0 amide bonds. The first kappa shape index (κ1) is 19.7. The Hall–Kier alpha value is -4.27. The van der Waals surface area contributed by atoms with Crippen molar-refractivity contribution >= 4 is 22.9 Å². The summed E-state index contributed by atoms with van der Waals surface area (Å²) in [6.45, 7) is 4.26. The number of benzene rings is 1. The number of aryl methyl sites for hydroxylation is 1. The van der Waals surface area contributed by atoms with Crippen LogP contribution in [0, 0.1) is 13.8 Å². The van der Waals surface area contributed by atoms with E-state index in [0.717, 1.165) is 45.1 Å². The molecule has 9 nitrogen and oxygen atoms in total. The summed E-state index contributed by atoms with van der Waals surface area (Å²) in [5.74, 6) is 2.13. The lowest BCUT2D eigenvalue weighted by Crippen LogP contribution is -2.01. The second kappa shape index (κ2) is 8.10. The number of hydrogen-bond donors (Lipinski definition) is 0. The van der Waals surface area contributed by atoms with Gasteiger partial charge in [0.25, 0.3) is 0 Å². The van der Waals surface area contributed by atoms with Gasteiger partial charge in [0.15, 0.2) is 23.7 Å². The van der Waals surface area contributed by atoms with Gasteiger partial charge < -0.3 is 9.57 Å². The molecule has 4 heterocycles. The Balaban J connectivity index is 1.42. The van der Waals surface area contributed by atoms with E-state index in [1.165, 1.54) is 0 Å². The number of fused-ring (bicyclic) bond motifs is 3. The summed E-state index contributed by atoms with van der Waals surface area (Å²) in [7, 11) is 1.63. The SMILES string of the molecule is COc1ccc(/C=N/OCc2nc3c4c(C)c(C)n(-c5ccccn5)c4ncn3n2)cc1. The van der Waals surface area contributed by atoms with Crippen molar-refractivity contribution in [3.63, 3.8) is 0 Å². The molecule has 0 saturated carbocycles. The highest BCUT2D eigenvalue weighted by Gasteiger charge is 2.19. The molecule has 0 saturated heterocycles. The Morgan fingerprint density at radius 2 is 1.88 bits per heavy atom. The largest absolute Gasteiger partial charge is 0.497 e. The smallest absolute Gasteiger partial charge is 0.192 e. The van der Waals surface area contributed by atoms with Gasteiger partial charge in [0.05, 0.1) is 18.7 Å². The molecule has 160 valence electrons. The minimum Gasteiger partial charge on any atom is -0.497 e. The summed E-state index contributed by atoms with van der Waals surface area (Å²) < 4.78 is 8.86. The molecule has 0 aliphatic carbocycles. The number of rotatable bonds is 6. The fraction of sp³-hybridized carbons (Fsp3) is 0.174. The zero-order valence-electron chi connectivity index (χ0n) is 17.9. The van der Waals surface area contributed by atoms with Gasteiger partial charge in [-0.3, -0.25) is 4.57 Å². The van der Waals surface area contributed by atoms with Gasteiger partial charge in [0.2, 0.25) is 0 Å². The lowest BCUT2D eigenvalue weighted by Gasteiger charge is -2.05. The fourth-order valence-corrected chi connectivity index (χ4v) is 3.62. The van der Waals surface area contributed by atoms with Crippen molar-refractivity contribution in [2.75, 3.05) is 7.11 Å². The number of oxime groups is 1. The number of ether oxygens (including phenoxy) is 1. The van der Waals surface area contributed by atoms with Crippen molar-refractivity contribution in [2.45, 2.75) is 20.5 Å². The molecule has 32 heavy (non-hydrogen) atoms. The Morgan fingerprint density at radius 1 is 1.03 bits per heavy atom. The average Bonchev–Trinajstić information content (AvgIpc) is 3.36. The van der Waals surface area contributed by atoms with Crippen molar-refractivity contribution in [3.8, 4) is 11.6 Å². The Labute approximate surface area is 184 Å². The van der Waals surface area contributed by atoms with Gasteiger partial charge in [0.1, 0.15) is 17.9 Å². The zero-order valence-corrected chi connectivity index (χ0v) is 17.9. The highest BCUT2D eigenvalue weighted by Crippen LogP contribution is 2.28. The predicted octanol–water partition coefficient (Wildman–Crippen LogP) is 3.64. The van der Waals surface area contributed by atoms with Crippen LogP contribution in [0.25, 0.3) is 22.5 Å². The molecule has 0 aliphatic heterocycles. The number of hydrogen-bond acceptors (Lipinski definition) is 7. The van der Waals surface area contributed by atoms with Gasteiger partial charge >= 0.3 is 0 Å². The molecule has 4 aromatic heterocycles. The average molecular weight is 427 g/mol. The Kier molecular flexibility index (Phi) is 4.98. The third-order valence-corrected chi connectivity index (χ3v) is 5.34. The van der Waals surface area contributed by atoms with Crippen LogP contribution in [-0.2, 0) is 11.4 Å². The van der Waals surface area contributed by atoms with Crippen molar-refractivity contribution in [1.82, 2.24) is 29.1 Å². The van der Waals surface area contributed by atoms with Gasteiger partial charge in [-0.15, -0.1) is 5.10 Å². The summed E-state index contributed by atoms with van der Waals surface area (Å²) in [4.78, 5) is 19.2. The van der Waals surface area contributed by atoms with E-state index in [1.807, 2.05) is 47.0 Å². The van der Waals surface area contributed by atoms with E-state index in [1.54, 1.807) is 30.4 Å². The maximum atomic E-state index is 5.41. The van der Waals surface area contributed by atoms with E-state index in [-0.39, 0.29) is 6.61 Å². The molecule has 5 rings (SSSR count). The number of nitrogens with zero attached hydrogens (tertiary/aromatic N) is 7. The summed E-state index contributed by atoms with van der Waals surface area (Å²) in [6.07, 6.45) is 5.07. The van der Waals surface area contributed by atoms with Crippen LogP contribution in [0.5, 0.6) is 5.75 Å². The lowest BCUT2D eigenvalue weighted by atomic mass is 10.2. The summed E-state index contributed by atoms with van der Waals surface area (Å²) in [5, 5.41) is 9.44. The van der Waals surface area contributed by atoms with Crippen molar-refractivity contribution < 1.29 is 9.57 Å². The van der Waals surface area contributed by atoms with Crippen LogP contribution in [0.2, 0.25) is 0 Å². The standard InChI is InChI=1S/C23H21N7O2/c1-15-16(2)30(20-6-4-5-11-24-20)22-21(15)23-27-19(28-29(23)14-25-22)13-32-26-12-17-7-9-18(31-3)10-8-17/h4-12,14H,13H2,1-3H3/b26-12+. The molecule has 0 N–H and O–H groups in total. The van der Waals surface area contributed by atoms with Gasteiger partial charge in [-0.05, 0) is 61.4 Å². The van der Waals surface area contributed by atoms with Crippen molar-refractivity contribution in [3.05, 3.63) is 77.6 Å². The van der Waals surface area contributed by atoms with Gasteiger partial charge in [-0.2, -0.15) is 0 Å². The summed E-state index contributed by atoms with van der Waals surface area (Å²) >= 11 is 0. The molecule has 0 atom stereocenters. The van der Waals surface area contributed by atoms with Gasteiger partial charge in [-0.1, -0.05) is 11.2 Å². The van der Waals surface area contributed by atoms with Crippen LogP contribution >= 0.6 is 0 Å². The molecule has 0 fully saturated rings. The van der Waals surface area contributed by atoms with Crippen molar-refractivity contribution in [2.24, 2.45) is 5.16 Å². The minimum absolute atomic E-state index is 0.148. The van der Waals surface area contributed by atoms with E-state index in [9.17, 15) is 0 Å². The zero-order chi connectivity index (χ0) is 22.1. The molecule has 9 heteroatoms. The minimum atomic E-state index is 0.148. The van der Waals surface area contributed by atoms with E-state index in [0.29, 0.717) is 5.82 Å². The van der Waals surface area contributed by atoms with Crippen LogP contribution in [0.3, 0.4) is 0 Å². The maximum absolute atomic E-state index is 5.41. The quantitative estimate of drug-likeness (QED) is 0.303. The van der Waals surface area contributed by atoms with E-state index in [4.69, 9.17) is 9.57 Å². The maximum Gasteiger partial charge on any atom is 0.192 e. The third-order valence-electron chi connectivity index (χ3n) is 5.34. The first-order valence-electron chi connectivity index (χ1n) is 10.1. The number of methoxy groups -OCH3 is 1. The van der Waals surface area contributed by atoms with Crippen LogP contribution < -0.4 is 4.74 Å². The molecular formula is C23H21N7O2. The lowest BCUT2D eigenvalue weighted by molar-refractivity contribution is 0.126. The molecule has 0 aliphatic rings. The predicted molar refractivity (Wildman–Crippen MR) is 120 cm³/mol. The molecule has 5 aromatic rings. The molecule has 0 bridgehead atoms.